The predicted molar refractivity (Wildman–Crippen MR) is 365 cm³/mol. The van der Waals surface area contributed by atoms with Crippen LogP contribution < -0.4 is 9.80 Å². The summed E-state index contributed by atoms with van der Waals surface area (Å²) < 4.78 is 20.7. The van der Waals surface area contributed by atoms with Crippen molar-refractivity contribution in [2.45, 2.75) is 90.9 Å². The van der Waals surface area contributed by atoms with Crippen LogP contribution in [0.5, 0.6) is 0 Å². The molecule has 17 rings (SSSR count). The number of furan rings is 3. The SMILES string of the molecule is CC(C)(C)c1ccc(N(c2ccc3c(c2)C(C)(C)c2c-3ccc3ccccc23)c2ccc3c(c2)oc2cc4c(cc23)oc2cc3c(cc24)oc2cc(N(c4ccc(C(C)(C)C)cc4)c4ccc5c(c4)C(C)(C)c4c-5ccc5ccccc45)ccc23)cc1. The first-order valence-corrected chi connectivity index (χ1v) is 30.7. The van der Waals surface area contributed by atoms with E-state index >= 15 is 0 Å². The van der Waals surface area contributed by atoms with Gasteiger partial charge in [0.2, 0.25) is 0 Å². The van der Waals surface area contributed by atoms with Gasteiger partial charge >= 0.3 is 0 Å². The van der Waals surface area contributed by atoms with Gasteiger partial charge < -0.3 is 23.1 Å². The quantitative estimate of drug-likeness (QED) is 0.166. The zero-order valence-electron chi connectivity index (χ0n) is 50.9. The maximum atomic E-state index is 6.94. The van der Waals surface area contributed by atoms with Crippen LogP contribution in [0.15, 0.2) is 232 Å². The Labute approximate surface area is 506 Å². The molecule has 3 heterocycles. The summed E-state index contributed by atoms with van der Waals surface area (Å²) in [4.78, 5) is 4.76. The van der Waals surface area contributed by atoms with Crippen molar-refractivity contribution in [3.63, 3.8) is 0 Å². The number of hydrogen-bond donors (Lipinski definition) is 0. The number of rotatable bonds is 6. The molecular formula is C82H66N2O3. The third-order valence-electron chi connectivity index (χ3n) is 19.7. The van der Waals surface area contributed by atoms with E-state index in [-0.39, 0.29) is 21.7 Å². The molecule has 422 valence electrons. The minimum atomic E-state index is -0.207. The van der Waals surface area contributed by atoms with Gasteiger partial charge in [-0.05, 0) is 185 Å². The molecule has 2 aliphatic carbocycles. The molecule has 0 spiro atoms. The molecule has 0 N–H and O–H groups in total. The third-order valence-corrected chi connectivity index (χ3v) is 19.7. The molecule has 12 aromatic carbocycles. The van der Waals surface area contributed by atoms with E-state index < -0.39 is 0 Å². The smallest absolute Gasteiger partial charge is 0.137 e. The standard InChI is InChI=1S/C82H66N2O3/c1-79(2,3)49-21-25-51(26-22-49)83(53-29-35-59-63-33-19-47-15-11-13-17-57(47)77(63)81(7,8)69(59)39-53)55-31-37-61-65-43-75-67(45-73(65)85-71(61)41-55)68-46-74-66(44-76(68)87-75)62-38-32-56(42-72(62)86-74)84(52-27-23-50(24-28-52)80(4,5)6)54-30-36-60-64-34-20-48-16-12-14-18-58(48)78(64)82(9,10)70(60)40-54/h11-46H,1-10H3. The molecule has 0 radical (unpaired) electrons. The fraction of sp³-hybridized carbons (Fsp3) is 0.171. The summed E-state index contributed by atoms with van der Waals surface area (Å²) in [5, 5.41) is 11.2. The average molecular weight is 1130 g/mol. The zero-order valence-corrected chi connectivity index (χ0v) is 50.9. The van der Waals surface area contributed by atoms with Crippen molar-refractivity contribution in [1.29, 1.82) is 0 Å². The van der Waals surface area contributed by atoms with Crippen LogP contribution in [0.2, 0.25) is 0 Å². The Hall–Kier alpha value is -9.84. The molecule has 15 aromatic rings. The van der Waals surface area contributed by atoms with Gasteiger partial charge in [-0.3, -0.25) is 0 Å². The minimum Gasteiger partial charge on any atom is -0.456 e. The second-order valence-electron chi connectivity index (χ2n) is 27.7. The number of hydrogen-bond acceptors (Lipinski definition) is 5. The molecule has 0 fully saturated rings. The molecule has 5 nitrogen and oxygen atoms in total. The van der Waals surface area contributed by atoms with E-state index in [1.54, 1.807) is 0 Å². The molecular weight excluding hydrogens is 1060 g/mol. The van der Waals surface area contributed by atoms with Crippen molar-refractivity contribution in [1.82, 2.24) is 0 Å². The normalized spacial score (nSPS) is 14.3. The lowest BCUT2D eigenvalue weighted by Gasteiger charge is -2.29. The minimum absolute atomic E-state index is 0.0195. The van der Waals surface area contributed by atoms with E-state index in [2.05, 4.69) is 297 Å². The van der Waals surface area contributed by atoms with E-state index in [0.717, 1.165) is 99.9 Å². The van der Waals surface area contributed by atoms with Crippen molar-refractivity contribution >= 4 is 121 Å². The number of benzene rings is 12. The summed E-state index contributed by atoms with van der Waals surface area (Å²) in [5.74, 6) is 0. The maximum absolute atomic E-state index is 6.94. The van der Waals surface area contributed by atoms with Crippen LogP contribution in [-0.4, -0.2) is 0 Å². The van der Waals surface area contributed by atoms with Gasteiger partial charge in [0.15, 0.2) is 0 Å². The van der Waals surface area contributed by atoms with Gasteiger partial charge in [-0.25, -0.2) is 0 Å². The molecule has 0 amide bonds. The van der Waals surface area contributed by atoms with Crippen molar-refractivity contribution in [3.05, 3.63) is 252 Å². The van der Waals surface area contributed by atoms with Gasteiger partial charge in [-0.2, -0.15) is 0 Å². The second-order valence-corrected chi connectivity index (χ2v) is 27.7. The molecule has 0 saturated heterocycles. The van der Waals surface area contributed by atoms with E-state index in [1.165, 1.54) is 77.2 Å². The summed E-state index contributed by atoms with van der Waals surface area (Å²) in [7, 11) is 0. The highest BCUT2D eigenvalue weighted by molar-refractivity contribution is 6.19. The van der Waals surface area contributed by atoms with Crippen LogP contribution in [0, 0.1) is 0 Å². The Morgan fingerprint density at radius 1 is 0.276 bits per heavy atom. The predicted octanol–water partition coefficient (Wildman–Crippen LogP) is 23.8. The molecule has 5 heteroatoms. The molecule has 0 atom stereocenters. The second kappa shape index (κ2) is 17.9. The number of anilines is 6. The lowest BCUT2D eigenvalue weighted by atomic mass is 9.80. The van der Waals surface area contributed by atoms with Crippen LogP contribution in [0.3, 0.4) is 0 Å². The molecule has 3 aromatic heterocycles. The fourth-order valence-electron chi connectivity index (χ4n) is 15.1. The number of fused-ring (bicyclic) bond motifs is 19. The lowest BCUT2D eigenvalue weighted by Crippen LogP contribution is -2.17. The van der Waals surface area contributed by atoms with Gasteiger partial charge in [-0.1, -0.05) is 178 Å². The Morgan fingerprint density at radius 2 is 0.586 bits per heavy atom. The monoisotopic (exact) mass is 1130 g/mol. The Bertz CT molecular complexity index is 5080. The van der Waals surface area contributed by atoms with Gasteiger partial charge in [0, 0.05) is 89.4 Å². The Balaban J connectivity index is 0.751. The van der Waals surface area contributed by atoms with Crippen molar-refractivity contribution < 1.29 is 13.3 Å². The molecule has 0 saturated carbocycles. The highest BCUT2D eigenvalue weighted by Crippen LogP contribution is 2.56. The van der Waals surface area contributed by atoms with E-state index in [0.29, 0.717) is 0 Å². The average Bonchev–Trinajstić information content (AvgIpc) is 1.70. The van der Waals surface area contributed by atoms with Crippen molar-refractivity contribution in [2.24, 2.45) is 0 Å². The summed E-state index contributed by atoms with van der Waals surface area (Å²) in [6.07, 6.45) is 0. The van der Waals surface area contributed by atoms with Crippen LogP contribution in [0.4, 0.5) is 34.1 Å². The Morgan fingerprint density at radius 3 is 0.966 bits per heavy atom. The lowest BCUT2D eigenvalue weighted by molar-refractivity contribution is 0.590. The summed E-state index contributed by atoms with van der Waals surface area (Å²) in [6, 6.07) is 80.9. The van der Waals surface area contributed by atoms with E-state index in [1.807, 2.05) is 0 Å². The highest BCUT2D eigenvalue weighted by atomic mass is 16.3. The van der Waals surface area contributed by atoms with E-state index in [9.17, 15) is 0 Å². The maximum Gasteiger partial charge on any atom is 0.137 e. The summed E-state index contributed by atoms with van der Waals surface area (Å²) >= 11 is 0. The van der Waals surface area contributed by atoms with Gasteiger partial charge in [0.25, 0.3) is 0 Å². The van der Waals surface area contributed by atoms with Crippen LogP contribution in [0.25, 0.3) is 110 Å². The highest BCUT2D eigenvalue weighted by Gasteiger charge is 2.39. The number of nitrogens with zero attached hydrogens (tertiary/aromatic N) is 2. The molecule has 87 heavy (non-hydrogen) atoms. The Kier molecular flexibility index (Phi) is 10.6. The van der Waals surface area contributed by atoms with Crippen molar-refractivity contribution in [3.8, 4) is 22.3 Å². The zero-order chi connectivity index (χ0) is 59.2. The molecule has 2 aliphatic rings. The molecule has 0 bridgehead atoms. The summed E-state index contributed by atoms with van der Waals surface area (Å²) in [5.41, 5.74) is 24.1. The third kappa shape index (κ3) is 7.64. The largest absolute Gasteiger partial charge is 0.456 e. The van der Waals surface area contributed by atoms with Gasteiger partial charge in [0.05, 0.1) is 0 Å². The van der Waals surface area contributed by atoms with E-state index in [4.69, 9.17) is 13.3 Å². The van der Waals surface area contributed by atoms with Crippen LogP contribution in [-0.2, 0) is 21.7 Å². The topological polar surface area (TPSA) is 45.9 Å². The first-order chi connectivity index (χ1) is 41.8. The van der Waals surface area contributed by atoms with Gasteiger partial charge in [-0.15, -0.1) is 0 Å². The first kappa shape index (κ1) is 51.6. The first-order valence-electron chi connectivity index (χ1n) is 30.7. The van der Waals surface area contributed by atoms with Gasteiger partial charge in [0.1, 0.15) is 33.5 Å². The molecule has 0 unspecified atom stereocenters. The van der Waals surface area contributed by atoms with Crippen molar-refractivity contribution in [2.75, 3.05) is 9.80 Å². The molecule has 0 aliphatic heterocycles. The van der Waals surface area contributed by atoms with Crippen LogP contribution in [0.1, 0.15) is 103 Å². The fourth-order valence-corrected chi connectivity index (χ4v) is 15.1. The summed E-state index contributed by atoms with van der Waals surface area (Å²) in [6.45, 7) is 23.1. The van der Waals surface area contributed by atoms with Crippen LogP contribution >= 0.6 is 0 Å².